The highest BCUT2D eigenvalue weighted by molar-refractivity contribution is 6.85. The summed E-state index contributed by atoms with van der Waals surface area (Å²) in [5.41, 5.74) is 0.467. The maximum Gasteiger partial charge on any atom is 0.392 e. The van der Waals surface area contributed by atoms with Crippen molar-refractivity contribution in [2.75, 3.05) is 0 Å². The summed E-state index contributed by atoms with van der Waals surface area (Å²) in [6.45, 7) is 20.9. The fourth-order valence-corrected chi connectivity index (χ4v) is 13.7. The molecule has 0 amide bonds. The van der Waals surface area contributed by atoms with Gasteiger partial charge in [-0.15, -0.1) is 0 Å². The molecule has 0 spiro atoms. The van der Waals surface area contributed by atoms with E-state index in [9.17, 15) is 4.79 Å². The van der Waals surface area contributed by atoms with E-state index in [0.29, 0.717) is 17.4 Å². The summed E-state index contributed by atoms with van der Waals surface area (Å²) >= 11 is 0. The highest BCUT2D eigenvalue weighted by Gasteiger charge is 2.48. The maximum absolute atomic E-state index is 12.3. The number of hydrogen-bond acceptors (Lipinski definition) is 3. The molecule has 0 aliphatic carbocycles. The summed E-state index contributed by atoms with van der Waals surface area (Å²) in [6.07, 6.45) is 0. The third-order valence-corrected chi connectivity index (χ3v) is 14.9. The zero-order valence-corrected chi connectivity index (χ0v) is 18.6. The van der Waals surface area contributed by atoms with Gasteiger partial charge < -0.3 is 8.54 Å². The van der Waals surface area contributed by atoms with Crippen LogP contribution in [0.1, 0.15) is 55.4 Å². The van der Waals surface area contributed by atoms with Crippen LogP contribution in [0.5, 0.6) is 0 Å². The lowest BCUT2D eigenvalue weighted by Gasteiger charge is -2.41. The summed E-state index contributed by atoms with van der Waals surface area (Å²) in [5, 5.41) is 0. The van der Waals surface area contributed by atoms with Gasteiger partial charge in [-0.25, -0.2) is 4.79 Å². The first kappa shape index (κ1) is 22.6. The lowest BCUT2D eigenvalue weighted by molar-refractivity contribution is -0.132. The molecular weight excluding hydrogens is 320 g/mol. The molecule has 0 aliphatic rings. The van der Waals surface area contributed by atoms with Crippen LogP contribution in [0.4, 0.5) is 0 Å². The van der Waals surface area contributed by atoms with Crippen LogP contribution >= 0.6 is 0 Å². The van der Waals surface area contributed by atoms with Gasteiger partial charge in [0.15, 0.2) is 8.32 Å². The third-order valence-electron chi connectivity index (χ3n) is 4.40. The molecule has 0 N–H and O–H groups in total. The molecule has 0 aromatic rings. The van der Waals surface area contributed by atoms with E-state index in [1.807, 2.05) is 0 Å². The van der Waals surface area contributed by atoms with E-state index >= 15 is 0 Å². The molecule has 23 heavy (non-hydrogen) atoms. The minimum Gasteiger partial charge on any atom is -0.491 e. The lowest BCUT2D eigenvalue weighted by Crippen LogP contribution is -2.55. The topological polar surface area (TPSA) is 35.5 Å². The molecule has 3 nitrogen and oxygen atoms in total. The number of carbonyl (C=O) groups excluding carboxylic acids is 1. The van der Waals surface area contributed by atoms with Crippen LogP contribution in [0.25, 0.3) is 0 Å². The highest BCUT2D eigenvalue weighted by atomic mass is 28.4. The van der Waals surface area contributed by atoms with Crippen LogP contribution in [0, 0.1) is 11.8 Å². The van der Waals surface area contributed by atoms with Gasteiger partial charge in [-0.3, -0.25) is 0 Å². The highest BCUT2D eigenvalue weighted by Crippen LogP contribution is 2.35. The average Bonchev–Trinajstić information content (AvgIpc) is 2.43. The van der Waals surface area contributed by atoms with Gasteiger partial charge in [-0.1, -0.05) is 55.0 Å². The second-order valence-corrected chi connectivity index (χ2v) is 15.8. The van der Waals surface area contributed by atoms with Gasteiger partial charge in [0.2, 0.25) is 0 Å². The lowest BCUT2D eigenvalue weighted by atomic mass is 10.3. The number of carbonyl (C=O) groups is 1. The van der Waals surface area contributed by atoms with Gasteiger partial charge in [0.1, 0.15) is 0 Å². The van der Waals surface area contributed by atoms with Gasteiger partial charge >= 0.3 is 14.5 Å². The third kappa shape index (κ3) is 7.35. The molecule has 0 radical (unpaired) electrons. The van der Waals surface area contributed by atoms with Crippen LogP contribution in [0.3, 0.4) is 0 Å². The number of rotatable bonds is 11. The fourth-order valence-electron chi connectivity index (χ4n) is 3.13. The van der Waals surface area contributed by atoms with Gasteiger partial charge in [-0.05, 0) is 36.9 Å². The molecule has 0 heterocycles. The van der Waals surface area contributed by atoms with E-state index < -0.39 is 16.9 Å². The Morgan fingerprint density at radius 1 is 0.957 bits per heavy atom. The Hall–Kier alpha value is -0.396. The largest absolute Gasteiger partial charge is 0.491 e. The molecule has 0 saturated carbocycles. The minimum absolute atomic E-state index is 0.274. The predicted octanol–water partition coefficient (Wildman–Crippen LogP) is 5.88. The molecule has 136 valence electrons. The van der Waals surface area contributed by atoms with Crippen LogP contribution in [-0.2, 0) is 13.3 Å². The zero-order chi connectivity index (χ0) is 18.3. The van der Waals surface area contributed by atoms with Crippen molar-refractivity contribution in [1.29, 1.82) is 0 Å². The summed E-state index contributed by atoms with van der Waals surface area (Å²) in [4.78, 5) is 12.3. The molecule has 0 atom stereocenters. The van der Waals surface area contributed by atoms with E-state index in [4.69, 9.17) is 8.54 Å². The molecule has 0 aromatic carbocycles. The minimum atomic E-state index is -2.59. The Kier molecular flexibility index (Phi) is 9.62. The van der Waals surface area contributed by atoms with Gasteiger partial charge in [0.05, 0.1) is 0 Å². The van der Waals surface area contributed by atoms with Crippen molar-refractivity contribution in [3.05, 3.63) is 12.2 Å². The van der Waals surface area contributed by atoms with Gasteiger partial charge in [0.25, 0.3) is 0 Å². The van der Waals surface area contributed by atoms with Gasteiger partial charge in [0, 0.05) is 17.7 Å². The second kappa shape index (κ2) is 9.79. The van der Waals surface area contributed by atoms with E-state index in [1.54, 1.807) is 6.92 Å². The Bertz CT molecular complexity index is 369. The Balaban J connectivity index is 5.76. The summed E-state index contributed by atoms with van der Waals surface area (Å²) in [6, 6.07) is 4.98. The molecule has 0 rings (SSSR count). The Morgan fingerprint density at radius 3 is 1.61 bits per heavy atom. The fraction of sp³-hybridized carbons (Fsp3) is 0.833. The SMILES string of the molecule is C=C(C)C(=O)O[Si](CC(C)C)(CC(C)C)O[Si](CC)(CC)CC. The van der Waals surface area contributed by atoms with E-state index in [-0.39, 0.29) is 5.97 Å². The van der Waals surface area contributed by atoms with Crippen molar-refractivity contribution >= 4 is 22.8 Å². The Morgan fingerprint density at radius 2 is 1.35 bits per heavy atom. The van der Waals surface area contributed by atoms with Crippen molar-refractivity contribution in [3.63, 3.8) is 0 Å². The van der Waals surface area contributed by atoms with Crippen LogP contribution in [-0.4, -0.2) is 22.8 Å². The van der Waals surface area contributed by atoms with Gasteiger partial charge in [-0.2, -0.15) is 0 Å². The van der Waals surface area contributed by atoms with Crippen molar-refractivity contribution in [2.45, 2.75) is 85.6 Å². The predicted molar refractivity (Wildman–Crippen MR) is 104 cm³/mol. The van der Waals surface area contributed by atoms with Crippen molar-refractivity contribution in [1.82, 2.24) is 0 Å². The smallest absolute Gasteiger partial charge is 0.392 e. The molecule has 5 heteroatoms. The average molecular weight is 359 g/mol. The summed E-state index contributed by atoms with van der Waals surface area (Å²) in [7, 11) is -4.43. The first-order chi connectivity index (χ1) is 10.5. The van der Waals surface area contributed by atoms with Crippen LogP contribution in [0.2, 0.25) is 30.2 Å². The molecule has 0 bridgehead atoms. The quantitative estimate of drug-likeness (QED) is 0.341. The van der Waals surface area contributed by atoms with E-state index in [0.717, 1.165) is 30.2 Å². The molecule has 0 aromatic heterocycles. The maximum atomic E-state index is 12.3. The number of hydrogen-bond donors (Lipinski definition) is 0. The summed E-state index contributed by atoms with van der Waals surface area (Å²) < 4.78 is 13.0. The molecule has 0 unspecified atom stereocenters. The normalized spacial score (nSPS) is 12.8. The second-order valence-electron chi connectivity index (χ2n) is 7.62. The van der Waals surface area contributed by atoms with E-state index in [1.165, 1.54) is 0 Å². The first-order valence-electron chi connectivity index (χ1n) is 9.14. The Labute approximate surface area is 146 Å². The van der Waals surface area contributed by atoms with Crippen molar-refractivity contribution in [3.8, 4) is 0 Å². The standard InChI is InChI=1S/C18H38O3Si2/c1-10-22(11-2,12-3)21-23(13-15(4)5,14-16(6)7)20-18(19)17(8)9/h15-16H,8,10-14H2,1-7,9H3. The molecule has 0 aliphatic heterocycles. The monoisotopic (exact) mass is 358 g/mol. The zero-order valence-electron chi connectivity index (χ0n) is 16.6. The molecular formula is C18H38O3Si2. The first-order valence-corrected chi connectivity index (χ1v) is 13.9. The van der Waals surface area contributed by atoms with Crippen molar-refractivity contribution < 1.29 is 13.3 Å². The van der Waals surface area contributed by atoms with Crippen LogP contribution in [0.15, 0.2) is 12.2 Å². The summed E-state index contributed by atoms with van der Waals surface area (Å²) in [5.74, 6) is 0.635. The van der Waals surface area contributed by atoms with Crippen molar-refractivity contribution in [2.24, 2.45) is 11.8 Å². The van der Waals surface area contributed by atoms with E-state index in [2.05, 4.69) is 55.0 Å². The molecule has 0 saturated heterocycles. The van der Waals surface area contributed by atoms with Crippen LogP contribution < -0.4 is 0 Å². The molecule has 0 fully saturated rings.